The van der Waals surface area contributed by atoms with Gasteiger partial charge in [0.05, 0.1) is 16.6 Å². The Bertz CT molecular complexity index is 334. The fourth-order valence-corrected chi connectivity index (χ4v) is 2.40. The number of amides is 1. The molecule has 0 fully saturated rings. The summed E-state index contributed by atoms with van der Waals surface area (Å²) >= 11 is 1.57. The number of nitrogens with two attached hydrogens (primary N) is 1. The molecule has 0 aliphatic rings. The summed E-state index contributed by atoms with van der Waals surface area (Å²) in [4.78, 5) is 16.3. The molecule has 0 saturated heterocycles. The average Bonchev–Trinajstić information content (AvgIpc) is 2.85. The van der Waals surface area contributed by atoms with E-state index < -0.39 is 5.41 Å². The van der Waals surface area contributed by atoms with E-state index in [1.54, 1.807) is 16.8 Å². The maximum atomic E-state index is 12.1. The molecule has 112 valence electrons. The fraction of sp³-hybridized carbons (Fsp3) is 0.667. The maximum absolute atomic E-state index is 12.1. The third-order valence-corrected chi connectivity index (χ3v) is 4.01. The van der Waals surface area contributed by atoms with E-state index in [4.69, 9.17) is 5.73 Å². The largest absolute Gasteiger partial charge is 0.355 e. The molecular weight excluding hydrogens is 305 g/mol. The zero-order valence-corrected chi connectivity index (χ0v) is 13.8. The van der Waals surface area contributed by atoms with Crippen LogP contribution in [0, 0.1) is 5.41 Å². The molecule has 0 aliphatic carbocycles. The number of aromatic nitrogens is 1. The maximum Gasteiger partial charge on any atom is 0.227 e. The third kappa shape index (κ3) is 5.65. The molecule has 1 heterocycles. The number of thiazole rings is 1. The van der Waals surface area contributed by atoms with E-state index in [9.17, 15) is 4.79 Å². The standard InChI is InChI=1S/C12H21N3OS.2ClH/c1-3-12(4-2,8-13)11(16)14-6-5-10-7-17-9-15-10;;/h7,9H,3-6,8,13H2,1-2H3,(H,14,16);2*1H. The minimum atomic E-state index is -0.401. The van der Waals surface area contributed by atoms with Crippen LogP contribution in [0.5, 0.6) is 0 Å². The second kappa shape index (κ2) is 10.4. The van der Waals surface area contributed by atoms with E-state index >= 15 is 0 Å². The van der Waals surface area contributed by atoms with Crippen molar-refractivity contribution >= 4 is 42.1 Å². The Hall–Kier alpha value is -0.360. The Kier molecular flexibility index (Phi) is 11.5. The van der Waals surface area contributed by atoms with E-state index in [1.165, 1.54) is 0 Å². The lowest BCUT2D eigenvalue weighted by Gasteiger charge is -2.28. The van der Waals surface area contributed by atoms with Crippen LogP contribution in [0.1, 0.15) is 32.4 Å². The Balaban J connectivity index is 0. The molecule has 0 aromatic carbocycles. The quantitative estimate of drug-likeness (QED) is 0.808. The summed E-state index contributed by atoms with van der Waals surface area (Å²) in [5, 5.41) is 4.96. The van der Waals surface area contributed by atoms with Crippen LogP contribution in [0.15, 0.2) is 10.9 Å². The second-order valence-corrected chi connectivity index (χ2v) is 4.90. The molecule has 0 bridgehead atoms. The number of nitrogens with one attached hydrogen (secondary N) is 1. The molecule has 0 spiro atoms. The van der Waals surface area contributed by atoms with E-state index in [1.807, 2.05) is 19.2 Å². The molecule has 0 atom stereocenters. The van der Waals surface area contributed by atoms with Gasteiger partial charge in [0.1, 0.15) is 0 Å². The van der Waals surface area contributed by atoms with Crippen molar-refractivity contribution in [2.24, 2.45) is 11.1 Å². The molecule has 7 heteroatoms. The minimum absolute atomic E-state index is 0. The predicted molar refractivity (Wildman–Crippen MR) is 85.4 cm³/mol. The second-order valence-electron chi connectivity index (χ2n) is 4.18. The Labute approximate surface area is 131 Å². The van der Waals surface area contributed by atoms with Crippen LogP contribution in [0.3, 0.4) is 0 Å². The van der Waals surface area contributed by atoms with Crippen molar-refractivity contribution in [1.29, 1.82) is 0 Å². The van der Waals surface area contributed by atoms with Crippen molar-refractivity contribution in [3.63, 3.8) is 0 Å². The van der Waals surface area contributed by atoms with Crippen LogP contribution in [0.25, 0.3) is 0 Å². The van der Waals surface area contributed by atoms with Gasteiger partial charge in [-0.15, -0.1) is 36.2 Å². The summed E-state index contributed by atoms with van der Waals surface area (Å²) in [6.07, 6.45) is 2.34. The van der Waals surface area contributed by atoms with Crippen molar-refractivity contribution in [2.45, 2.75) is 33.1 Å². The van der Waals surface area contributed by atoms with Crippen molar-refractivity contribution in [2.75, 3.05) is 13.1 Å². The Morgan fingerprint density at radius 1 is 1.42 bits per heavy atom. The molecule has 1 aromatic heterocycles. The topological polar surface area (TPSA) is 68.0 Å². The van der Waals surface area contributed by atoms with Gasteiger partial charge in [0.2, 0.25) is 5.91 Å². The summed E-state index contributed by atoms with van der Waals surface area (Å²) in [7, 11) is 0. The zero-order valence-electron chi connectivity index (χ0n) is 11.3. The number of hydrogen-bond donors (Lipinski definition) is 2. The van der Waals surface area contributed by atoms with Crippen LogP contribution < -0.4 is 11.1 Å². The van der Waals surface area contributed by atoms with Crippen LogP contribution in [0.2, 0.25) is 0 Å². The minimum Gasteiger partial charge on any atom is -0.355 e. The smallest absolute Gasteiger partial charge is 0.227 e. The van der Waals surface area contributed by atoms with Gasteiger partial charge < -0.3 is 11.1 Å². The lowest BCUT2D eigenvalue weighted by Crippen LogP contribution is -2.45. The van der Waals surface area contributed by atoms with Gasteiger partial charge in [0.15, 0.2) is 0 Å². The van der Waals surface area contributed by atoms with Crippen LogP contribution in [-0.2, 0) is 11.2 Å². The molecule has 1 amide bonds. The van der Waals surface area contributed by atoms with E-state index in [-0.39, 0.29) is 30.7 Å². The molecule has 1 rings (SSSR count). The van der Waals surface area contributed by atoms with Gasteiger partial charge in [-0.25, -0.2) is 4.98 Å². The molecule has 0 saturated carbocycles. The van der Waals surface area contributed by atoms with Crippen molar-refractivity contribution in [1.82, 2.24) is 10.3 Å². The highest BCUT2D eigenvalue weighted by molar-refractivity contribution is 7.07. The zero-order chi connectivity index (χ0) is 12.7. The molecule has 1 aromatic rings. The number of carbonyl (C=O) groups excluding carboxylic acids is 1. The van der Waals surface area contributed by atoms with Gasteiger partial charge in [-0.1, -0.05) is 13.8 Å². The number of nitrogens with zero attached hydrogens (tertiary/aromatic N) is 1. The lowest BCUT2D eigenvalue weighted by atomic mass is 9.81. The number of carbonyl (C=O) groups is 1. The average molecular weight is 328 g/mol. The highest BCUT2D eigenvalue weighted by Crippen LogP contribution is 2.24. The van der Waals surface area contributed by atoms with E-state index in [0.29, 0.717) is 13.1 Å². The van der Waals surface area contributed by atoms with Gasteiger partial charge in [0.25, 0.3) is 0 Å². The van der Waals surface area contributed by atoms with Gasteiger partial charge in [0, 0.05) is 24.9 Å². The van der Waals surface area contributed by atoms with Gasteiger partial charge in [-0.05, 0) is 12.8 Å². The lowest BCUT2D eigenvalue weighted by molar-refractivity contribution is -0.131. The van der Waals surface area contributed by atoms with E-state index in [2.05, 4.69) is 10.3 Å². The predicted octanol–water partition coefficient (Wildman–Crippen LogP) is 2.41. The molecular formula is C12H23Cl2N3OS. The van der Waals surface area contributed by atoms with Gasteiger partial charge >= 0.3 is 0 Å². The van der Waals surface area contributed by atoms with Crippen LogP contribution in [-0.4, -0.2) is 24.0 Å². The molecule has 4 nitrogen and oxygen atoms in total. The number of rotatable bonds is 7. The fourth-order valence-electron chi connectivity index (χ4n) is 1.81. The first-order valence-electron chi connectivity index (χ1n) is 6.04. The van der Waals surface area contributed by atoms with Crippen molar-refractivity contribution < 1.29 is 4.79 Å². The number of hydrogen-bond acceptors (Lipinski definition) is 4. The molecule has 3 N–H and O–H groups in total. The molecule has 0 unspecified atom stereocenters. The van der Waals surface area contributed by atoms with Crippen molar-refractivity contribution in [3.8, 4) is 0 Å². The SMILES string of the molecule is CCC(CC)(CN)C(=O)NCCc1cscn1.Cl.Cl. The normalized spacial score (nSPS) is 10.3. The Morgan fingerprint density at radius 2 is 2.05 bits per heavy atom. The highest BCUT2D eigenvalue weighted by atomic mass is 35.5. The summed E-state index contributed by atoms with van der Waals surface area (Å²) in [6, 6.07) is 0. The summed E-state index contributed by atoms with van der Waals surface area (Å²) < 4.78 is 0. The summed E-state index contributed by atoms with van der Waals surface area (Å²) in [5.74, 6) is 0.0697. The van der Waals surface area contributed by atoms with Crippen LogP contribution in [0.4, 0.5) is 0 Å². The van der Waals surface area contributed by atoms with E-state index in [0.717, 1.165) is 25.0 Å². The third-order valence-electron chi connectivity index (χ3n) is 3.38. The first-order valence-corrected chi connectivity index (χ1v) is 6.98. The Morgan fingerprint density at radius 3 is 2.47 bits per heavy atom. The highest BCUT2D eigenvalue weighted by Gasteiger charge is 2.32. The summed E-state index contributed by atoms with van der Waals surface area (Å²) in [5.41, 5.74) is 8.16. The van der Waals surface area contributed by atoms with Crippen LogP contribution >= 0.6 is 36.2 Å². The first kappa shape index (κ1) is 20.9. The number of halogens is 2. The molecule has 0 radical (unpaired) electrons. The molecule has 0 aliphatic heterocycles. The summed E-state index contributed by atoms with van der Waals surface area (Å²) in [6.45, 7) is 5.06. The van der Waals surface area contributed by atoms with Gasteiger partial charge in [-0.3, -0.25) is 4.79 Å². The molecule has 19 heavy (non-hydrogen) atoms. The monoisotopic (exact) mass is 327 g/mol. The van der Waals surface area contributed by atoms with Crippen molar-refractivity contribution in [3.05, 3.63) is 16.6 Å². The first-order chi connectivity index (χ1) is 8.18. The van der Waals surface area contributed by atoms with Gasteiger partial charge in [-0.2, -0.15) is 0 Å².